The summed E-state index contributed by atoms with van der Waals surface area (Å²) in [5.74, 6) is 2.80. The van der Waals surface area contributed by atoms with E-state index in [4.69, 9.17) is 0 Å². The number of aryl methyl sites for hydroxylation is 1. The van der Waals surface area contributed by atoms with Crippen molar-refractivity contribution in [3.8, 4) is 0 Å². The van der Waals surface area contributed by atoms with Crippen molar-refractivity contribution < 1.29 is 0 Å². The lowest BCUT2D eigenvalue weighted by Gasteiger charge is -2.26. The van der Waals surface area contributed by atoms with E-state index in [0.717, 1.165) is 37.7 Å². The largest absolute Gasteiger partial charge is 0.315 e. The molecule has 0 atom stereocenters. The molecule has 0 saturated carbocycles. The third kappa shape index (κ3) is 1.46. The highest BCUT2D eigenvalue weighted by atomic mass is 15.3. The number of rotatable bonds is 3. The van der Waals surface area contributed by atoms with Crippen LogP contribution in [-0.4, -0.2) is 27.9 Å². The quantitative estimate of drug-likeness (QED) is 0.744. The molecular formula is C9H16N4. The molecule has 0 bridgehead atoms. The Morgan fingerprint density at radius 2 is 2.23 bits per heavy atom. The summed E-state index contributed by atoms with van der Waals surface area (Å²) < 4.78 is 2.24. The second kappa shape index (κ2) is 3.46. The third-order valence-corrected chi connectivity index (χ3v) is 2.56. The van der Waals surface area contributed by atoms with Crippen molar-refractivity contribution >= 4 is 0 Å². The molecule has 1 aromatic rings. The van der Waals surface area contributed by atoms with Gasteiger partial charge in [0.25, 0.3) is 0 Å². The van der Waals surface area contributed by atoms with E-state index in [1.54, 1.807) is 0 Å². The summed E-state index contributed by atoms with van der Waals surface area (Å²) in [5.41, 5.74) is 0. The topological polar surface area (TPSA) is 42.7 Å². The number of hydrogen-bond acceptors (Lipinski definition) is 3. The molecular weight excluding hydrogens is 164 g/mol. The maximum absolute atomic E-state index is 4.23. The summed E-state index contributed by atoms with van der Waals surface area (Å²) in [7, 11) is 0. The fourth-order valence-electron chi connectivity index (χ4n) is 1.67. The van der Waals surface area contributed by atoms with Gasteiger partial charge in [-0.1, -0.05) is 6.92 Å². The summed E-state index contributed by atoms with van der Waals surface area (Å²) in [6, 6.07) is 0. The van der Waals surface area contributed by atoms with E-state index in [-0.39, 0.29) is 0 Å². The third-order valence-electron chi connectivity index (χ3n) is 2.56. The predicted octanol–water partition coefficient (Wildman–Crippen LogP) is 0.683. The van der Waals surface area contributed by atoms with Gasteiger partial charge in [0.1, 0.15) is 11.6 Å². The lowest BCUT2D eigenvalue weighted by molar-refractivity contribution is 0.411. The summed E-state index contributed by atoms with van der Waals surface area (Å²) >= 11 is 0. The van der Waals surface area contributed by atoms with Gasteiger partial charge in [-0.05, 0) is 13.3 Å². The lowest BCUT2D eigenvalue weighted by atomic mass is 10.0. The van der Waals surface area contributed by atoms with Gasteiger partial charge in [0, 0.05) is 25.6 Å². The van der Waals surface area contributed by atoms with Crippen LogP contribution in [0.5, 0.6) is 0 Å². The Kier molecular flexibility index (Phi) is 2.31. The molecule has 0 amide bonds. The highest BCUT2D eigenvalue weighted by Crippen LogP contribution is 2.18. The molecule has 2 rings (SSSR count). The molecule has 72 valence electrons. The van der Waals surface area contributed by atoms with Gasteiger partial charge in [0.2, 0.25) is 0 Å². The fraction of sp³-hybridized carbons (Fsp3) is 0.778. The minimum absolute atomic E-state index is 0.591. The smallest absolute Gasteiger partial charge is 0.138 e. The van der Waals surface area contributed by atoms with E-state index in [2.05, 4.69) is 27.0 Å². The van der Waals surface area contributed by atoms with Crippen molar-refractivity contribution in [2.75, 3.05) is 13.1 Å². The van der Waals surface area contributed by atoms with Gasteiger partial charge in [-0.25, -0.2) is 0 Å². The van der Waals surface area contributed by atoms with Crippen LogP contribution in [-0.2, 0) is 6.54 Å². The van der Waals surface area contributed by atoms with E-state index in [9.17, 15) is 0 Å². The molecule has 1 aliphatic heterocycles. The first-order valence-electron chi connectivity index (χ1n) is 4.93. The van der Waals surface area contributed by atoms with Crippen molar-refractivity contribution in [3.05, 3.63) is 11.6 Å². The van der Waals surface area contributed by atoms with Crippen LogP contribution in [0.15, 0.2) is 0 Å². The van der Waals surface area contributed by atoms with Crippen molar-refractivity contribution in [2.45, 2.75) is 32.7 Å². The molecule has 0 aliphatic carbocycles. The van der Waals surface area contributed by atoms with Crippen LogP contribution in [0.2, 0.25) is 0 Å². The van der Waals surface area contributed by atoms with Crippen LogP contribution in [0.3, 0.4) is 0 Å². The Bertz CT molecular complexity index is 288. The number of aromatic nitrogens is 3. The van der Waals surface area contributed by atoms with E-state index < -0.39 is 0 Å². The van der Waals surface area contributed by atoms with Crippen LogP contribution < -0.4 is 5.32 Å². The average Bonchev–Trinajstić information content (AvgIpc) is 2.33. The fourth-order valence-corrected chi connectivity index (χ4v) is 1.67. The molecule has 4 heteroatoms. The standard InChI is InChI=1S/C9H16N4/c1-3-4-13-7(2)11-12-9(13)8-5-10-6-8/h8,10H,3-6H2,1-2H3. The minimum atomic E-state index is 0.591. The van der Waals surface area contributed by atoms with Gasteiger partial charge < -0.3 is 9.88 Å². The van der Waals surface area contributed by atoms with Crippen LogP contribution in [0.1, 0.15) is 30.9 Å². The highest BCUT2D eigenvalue weighted by molar-refractivity contribution is 5.06. The first-order chi connectivity index (χ1) is 6.33. The molecule has 0 radical (unpaired) electrons. The normalized spacial score (nSPS) is 17.4. The maximum Gasteiger partial charge on any atom is 0.138 e. The molecule has 1 fully saturated rings. The summed E-state index contributed by atoms with van der Waals surface area (Å²) in [4.78, 5) is 0. The molecule has 1 N–H and O–H groups in total. The molecule has 1 saturated heterocycles. The Morgan fingerprint density at radius 3 is 2.77 bits per heavy atom. The molecule has 1 aromatic heterocycles. The molecule has 4 nitrogen and oxygen atoms in total. The highest BCUT2D eigenvalue weighted by Gasteiger charge is 2.24. The number of nitrogens with one attached hydrogen (secondary N) is 1. The summed E-state index contributed by atoms with van der Waals surface area (Å²) in [6.07, 6.45) is 1.14. The number of nitrogens with zero attached hydrogens (tertiary/aromatic N) is 3. The van der Waals surface area contributed by atoms with Crippen molar-refractivity contribution in [1.29, 1.82) is 0 Å². The van der Waals surface area contributed by atoms with E-state index in [0.29, 0.717) is 5.92 Å². The van der Waals surface area contributed by atoms with Gasteiger partial charge in [0.15, 0.2) is 0 Å². The molecule has 13 heavy (non-hydrogen) atoms. The summed E-state index contributed by atoms with van der Waals surface area (Å²) in [6.45, 7) is 7.37. The van der Waals surface area contributed by atoms with Crippen molar-refractivity contribution in [1.82, 2.24) is 20.1 Å². The summed E-state index contributed by atoms with van der Waals surface area (Å²) in [5, 5.41) is 11.6. The number of hydrogen-bond donors (Lipinski definition) is 1. The van der Waals surface area contributed by atoms with Crippen molar-refractivity contribution in [3.63, 3.8) is 0 Å². The van der Waals surface area contributed by atoms with Crippen LogP contribution in [0.25, 0.3) is 0 Å². The monoisotopic (exact) mass is 180 g/mol. The minimum Gasteiger partial charge on any atom is -0.315 e. The van der Waals surface area contributed by atoms with Gasteiger partial charge in [0.05, 0.1) is 0 Å². The van der Waals surface area contributed by atoms with Gasteiger partial charge in [-0.3, -0.25) is 0 Å². The lowest BCUT2D eigenvalue weighted by Crippen LogP contribution is -2.41. The Balaban J connectivity index is 2.22. The van der Waals surface area contributed by atoms with E-state index in [1.165, 1.54) is 0 Å². The van der Waals surface area contributed by atoms with Crippen LogP contribution >= 0.6 is 0 Å². The maximum atomic E-state index is 4.23. The van der Waals surface area contributed by atoms with Gasteiger partial charge in [-0.15, -0.1) is 10.2 Å². The van der Waals surface area contributed by atoms with Crippen LogP contribution in [0.4, 0.5) is 0 Å². The SMILES string of the molecule is CCCn1c(C)nnc1C1CNC1. The zero-order valence-electron chi connectivity index (χ0n) is 8.25. The Hall–Kier alpha value is -0.900. The zero-order chi connectivity index (χ0) is 9.26. The van der Waals surface area contributed by atoms with Gasteiger partial charge >= 0.3 is 0 Å². The van der Waals surface area contributed by atoms with E-state index in [1.807, 2.05) is 6.92 Å². The first-order valence-corrected chi connectivity index (χ1v) is 4.93. The molecule has 0 aromatic carbocycles. The average molecular weight is 180 g/mol. The molecule has 2 heterocycles. The Morgan fingerprint density at radius 1 is 1.46 bits per heavy atom. The second-order valence-electron chi connectivity index (χ2n) is 3.61. The molecule has 1 aliphatic rings. The molecule has 0 spiro atoms. The van der Waals surface area contributed by atoms with Crippen molar-refractivity contribution in [2.24, 2.45) is 0 Å². The first kappa shape index (κ1) is 8.69. The Labute approximate surface area is 78.4 Å². The van der Waals surface area contributed by atoms with E-state index >= 15 is 0 Å². The van der Waals surface area contributed by atoms with Crippen LogP contribution in [0, 0.1) is 6.92 Å². The predicted molar refractivity (Wildman–Crippen MR) is 50.7 cm³/mol. The molecule has 0 unspecified atom stereocenters. The van der Waals surface area contributed by atoms with Gasteiger partial charge in [-0.2, -0.15) is 0 Å². The second-order valence-corrected chi connectivity index (χ2v) is 3.61. The zero-order valence-corrected chi connectivity index (χ0v) is 8.25.